The molecule has 2 rings (SSSR count). The molecule has 0 amide bonds. The van der Waals surface area contributed by atoms with Gasteiger partial charge in [-0.3, -0.25) is 0 Å². The molecule has 0 aliphatic carbocycles. The Kier molecular flexibility index (Phi) is 4.54. The Hall–Kier alpha value is -0.990. The van der Waals surface area contributed by atoms with E-state index in [0.29, 0.717) is 0 Å². The highest BCUT2D eigenvalue weighted by Gasteiger charge is 2.18. The van der Waals surface area contributed by atoms with Crippen LogP contribution in [-0.4, -0.2) is 7.11 Å². The van der Waals surface area contributed by atoms with Gasteiger partial charge in [-0.1, -0.05) is 39.7 Å². The fourth-order valence-corrected chi connectivity index (χ4v) is 2.89. The van der Waals surface area contributed by atoms with Crippen LogP contribution in [-0.2, 0) is 0 Å². The van der Waals surface area contributed by atoms with Gasteiger partial charge in [0.05, 0.1) is 12.5 Å². The Bertz CT molecular complexity index is 595. The van der Waals surface area contributed by atoms with Crippen molar-refractivity contribution < 1.29 is 4.74 Å². The Labute approximate surface area is 127 Å². The summed E-state index contributed by atoms with van der Waals surface area (Å²) in [4.78, 5) is 0. The third-order valence-electron chi connectivity index (χ3n) is 3.17. The molecule has 0 fully saturated rings. The molecule has 19 heavy (non-hydrogen) atoms. The van der Waals surface area contributed by atoms with Crippen molar-refractivity contribution in [2.75, 3.05) is 7.11 Å². The van der Waals surface area contributed by atoms with Crippen molar-refractivity contribution in [3.05, 3.63) is 63.1 Å². The lowest BCUT2D eigenvalue weighted by molar-refractivity contribution is 0.410. The van der Waals surface area contributed by atoms with E-state index in [1.165, 1.54) is 11.1 Å². The molecule has 3 heteroatoms. The molecule has 0 radical (unpaired) electrons. The quantitative estimate of drug-likeness (QED) is 0.680. The Balaban J connectivity index is 2.51. The third-order valence-corrected chi connectivity index (χ3v) is 4.14. The third kappa shape index (κ3) is 3.13. The van der Waals surface area contributed by atoms with Crippen LogP contribution in [0.1, 0.15) is 27.6 Å². The fraction of sp³-hybridized carbons (Fsp3) is 0.250. The van der Waals surface area contributed by atoms with Gasteiger partial charge in [0.2, 0.25) is 0 Å². The predicted octanol–water partition coefficient (Wildman–Crippen LogP) is 5.40. The summed E-state index contributed by atoms with van der Waals surface area (Å²) >= 11 is 10.2. The summed E-state index contributed by atoms with van der Waals surface area (Å²) in [5.74, 6) is 0.824. The maximum absolute atomic E-state index is 6.66. The first-order valence-electron chi connectivity index (χ1n) is 6.07. The minimum Gasteiger partial charge on any atom is -0.496 e. The van der Waals surface area contributed by atoms with Crippen molar-refractivity contribution in [3.8, 4) is 5.75 Å². The van der Waals surface area contributed by atoms with Crippen LogP contribution in [0.25, 0.3) is 0 Å². The highest BCUT2D eigenvalue weighted by molar-refractivity contribution is 9.10. The smallest absolute Gasteiger partial charge is 0.123 e. The van der Waals surface area contributed by atoms with Gasteiger partial charge in [0.25, 0.3) is 0 Å². The van der Waals surface area contributed by atoms with Gasteiger partial charge in [0, 0.05) is 10.0 Å². The monoisotopic (exact) mass is 338 g/mol. The van der Waals surface area contributed by atoms with Crippen molar-refractivity contribution in [2.45, 2.75) is 19.2 Å². The van der Waals surface area contributed by atoms with E-state index >= 15 is 0 Å². The second kappa shape index (κ2) is 5.98. The first-order chi connectivity index (χ1) is 9.02. The molecule has 1 atom stereocenters. The van der Waals surface area contributed by atoms with E-state index < -0.39 is 0 Å². The van der Waals surface area contributed by atoms with Gasteiger partial charge >= 0.3 is 0 Å². The van der Waals surface area contributed by atoms with E-state index in [2.05, 4.69) is 48.0 Å². The van der Waals surface area contributed by atoms with Gasteiger partial charge in [0.15, 0.2) is 0 Å². The number of alkyl halides is 1. The first-order valence-corrected chi connectivity index (χ1v) is 7.30. The van der Waals surface area contributed by atoms with Crippen LogP contribution < -0.4 is 4.74 Å². The summed E-state index contributed by atoms with van der Waals surface area (Å²) in [6.45, 7) is 4.12. The molecule has 0 N–H and O–H groups in total. The van der Waals surface area contributed by atoms with Crippen LogP contribution in [0.2, 0.25) is 0 Å². The molecule has 2 aromatic carbocycles. The highest BCUT2D eigenvalue weighted by atomic mass is 79.9. The van der Waals surface area contributed by atoms with Crippen molar-refractivity contribution in [1.29, 1.82) is 0 Å². The largest absolute Gasteiger partial charge is 0.496 e. The lowest BCUT2D eigenvalue weighted by Crippen LogP contribution is -2.00. The molecule has 0 aromatic heterocycles. The number of hydrogen-bond acceptors (Lipinski definition) is 1. The van der Waals surface area contributed by atoms with Gasteiger partial charge in [-0.15, -0.1) is 11.6 Å². The van der Waals surface area contributed by atoms with E-state index in [4.69, 9.17) is 16.3 Å². The number of methoxy groups -OCH3 is 1. The molecule has 0 bridgehead atoms. The zero-order chi connectivity index (χ0) is 14.0. The lowest BCUT2D eigenvalue weighted by Gasteiger charge is -2.17. The summed E-state index contributed by atoms with van der Waals surface area (Å²) < 4.78 is 6.45. The second-order valence-corrected chi connectivity index (χ2v) is 5.96. The number of ether oxygens (including phenoxy) is 1. The number of halogens is 2. The average Bonchev–Trinajstić information content (AvgIpc) is 2.40. The van der Waals surface area contributed by atoms with Crippen LogP contribution >= 0.6 is 27.5 Å². The number of hydrogen-bond donors (Lipinski definition) is 0. The molecule has 0 saturated carbocycles. The Morgan fingerprint density at radius 1 is 1.05 bits per heavy atom. The number of benzene rings is 2. The minimum atomic E-state index is -0.215. The topological polar surface area (TPSA) is 9.23 Å². The van der Waals surface area contributed by atoms with E-state index in [-0.39, 0.29) is 5.38 Å². The first kappa shape index (κ1) is 14.4. The van der Waals surface area contributed by atoms with Gasteiger partial charge in [-0.2, -0.15) is 0 Å². The Morgan fingerprint density at radius 3 is 2.47 bits per heavy atom. The van der Waals surface area contributed by atoms with E-state index in [0.717, 1.165) is 21.3 Å². The summed E-state index contributed by atoms with van der Waals surface area (Å²) in [7, 11) is 1.67. The zero-order valence-electron chi connectivity index (χ0n) is 11.2. The fourth-order valence-electron chi connectivity index (χ4n) is 2.10. The van der Waals surface area contributed by atoms with Gasteiger partial charge in [-0.25, -0.2) is 0 Å². The van der Waals surface area contributed by atoms with Gasteiger partial charge < -0.3 is 4.74 Å². The molecular weight excluding hydrogens is 324 g/mol. The molecule has 1 nitrogen and oxygen atoms in total. The van der Waals surface area contributed by atoms with Crippen LogP contribution in [0.15, 0.2) is 40.9 Å². The Morgan fingerprint density at radius 2 is 1.79 bits per heavy atom. The normalized spacial score (nSPS) is 12.3. The minimum absolute atomic E-state index is 0.215. The maximum Gasteiger partial charge on any atom is 0.123 e. The SMILES string of the molecule is COc1ccc(C)cc1C(Cl)c1cc(Br)ccc1C. The summed E-state index contributed by atoms with van der Waals surface area (Å²) in [6.07, 6.45) is 0. The number of aryl methyl sites for hydroxylation is 2. The van der Waals surface area contributed by atoms with Crippen molar-refractivity contribution in [2.24, 2.45) is 0 Å². The molecule has 1 unspecified atom stereocenters. The molecule has 0 saturated heterocycles. The van der Waals surface area contributed by atoms with Gasteiger partial charge in [0.1, 0.15) is 5.75 Å². The van der Waals surface area contributed by atoms with Gasteiger partial charge in [-0.05, 0) is 43.2 Å². The van der Waals surface area contributed by atoms with Crippen LogP contribution in [0.4, 0.5) is 0 Å². The van der Waals surface area contributed by atoms with Crippen molar-refractivity contribution >= 4 is 27.5 Å². The molecule has 0 aliphatic rings. The standard InChI is InChI=1S/C16H16BrClO/c1-10-4-7-15(19-3)14(8-10)16(18)13-9-12(17)6-5-11(13)2/h4-9,16H,1-3H3. The molecule has 2 aromatic rings. The van der Waals surface area contributed by atoms with Crippen molar-refractivity contribution in [1.82, 2.24) is 0 Å². The summed E-state index contributed by atoms with van der Waals surface area (Å²) in [5.41, 5.74) is 4.45. The highest BCUT2D eigenvalue weighted by Crippen LogP contribution is 2.37. The van der Waals surface area contributed by atoms with Crippen LogP contribution in [0, 0.1) is 13.8 Å². The molecular formula is C16H16BrClO. The molecule has 0 spiro atoms. The van der Waals surface area contributed by atoms with Crippen LogP contribution in [0.3, 0.4) is 0 Å². The lowest BCUT2D eigenvalue weighted by atomic mass is 9.98. The number of rotatable bonds is 3. The average molecular weight is 340 g/mol. The van der Waals surface area contributed by atoms with E-state index in [1.807, 2.05) is 18.2 Å². The van der Waals surface area contributed by atoms with E-state index in [1.54, 1.807) is 7.11 Å². The van der Waals surface area contributed by atoms with E-state index in [9.17, 15) is 0 Å². The predicted molar refractivity (Wildman–Crippen MR) is 84.3 cm³/mol. The zero-order valence-corrected chi connectivity index (χ0v) is 13.5. The molecule has 0 heterocycles. The van der Waals surface area contributed by atoms with Crippen LogP contribution in [0.5, 0.6) is 5.75 Å². The molecule has 0 aliphatic heterocycles. The molecule has 100 valence electrons. The second-order valence-electron chi connectivity index (χ2n) is 4.61. The summed E-state index contributed by atoms with van der Waals surface area (Å²) in [5, 5.41) is -0.215. The van der Waals surface area contributed by atoms with Crippen molar-refractivity contribution in [3.63, 3.8) is 0 Å². The maximum atomic E-state index is 6.66. The summed E-state index contributed by atoms with van der Waals surface area (Å²) in [6, 6.07) is 12.2.